The van der Waals surface area contributed by atoms with Gasteiger partial charge >= 0.3 is 0 Å². The van der Waals surface area contributed by atoms with Gasteiger partial charge in [-0.3, -0.25) is 4.79 Å². The minimum absolute atomic E-state index is 0.350. The van der Waals surface area contributed by atoms with Crippen LogP contribution in [-0.4, -0.2) is 20.8 Å². The first-order chi connectivity index (χ1) is 10.5. The number of aromatic nitrogens is 2. The predicted molar refractivity (Wildman–Crippen MR) is 85.0 cm³/mol. The molecule has 1 aliphatic rings. The van der Waals surface area contributed by atoms with E-state index in [9.17, 15) is 9.90 Å². The van der Waals surface area contributed by atoms with Crippen LogP contribution in [0.1, 0.15) is 24.5 Å². The summed E-state index contributed by atoms with van der Waals surface area (Å²) in [6.07, 6.45) is 2.66. The summed E-state index contributed by atoms with van der Waals surface area (Å²) in [5, 5.41) is 17.8. The Morgan fingerprint density at radius 1 is 1.36 bits per heavy atom. The van der Waals surface area contributed by atoms with E-state index < -0.39 is 12.0 Å². The molecule has 5 nitrogen and oxygen atoms in total. The van der Waals surface area contributed by atoms with Crippen LogP contribution in [0.15, 0.2) is 30.5 Å². The maximum absolute atomic E-state index is 12.2. The molecule has 0 radical (unpaired) electrons. The molecule has 1 atom stereocenters. The van der Waals surface area contributed by atoms with E-state index in [0.29, 0.717) is 27.3 Å². The van der Waals surface area contributed by atoms with Crippen LogP contribution in [0.2, 0.25) is 10.0 Å². The predicted octanol–water partition coefficient (Wildman–Crippen LogP) is 3.27. The lowest BCUT2D eigenvalue weighted by Crippen LogP contribution is -2.23. The fourth-order valence-corrected chi connectivity index (χ4v) is 2.75. The summed E-state index contributed by atoms with van der Waals surface area (Å²) >= 11 is 11.8. The Kier molecular flexibility index (Phi) is 4.38. The largest absolute Gasteiger partial charge is 0.378 e. The Bertz CT molecular complexity index is 678. The van der Waals surface area contributed by atoms with Crippen LogP contribution in [0.3, 0.4) is 0 Å². The average molecular weight is 340 g/mol. The molecule has 1 amide bonds. The molecule has 1 heterocycles. The van der Waals surface area contributed by atoms with E-state index in [-0.39, 0.29) is 0 Å². The van der Waals surface area contributed by atoms with Crippen molar-refractivity contribution in [2.45, 2.75) is 25.5 Å². The molecular formula is C15H15Cl2N3O2. The summed E-state index contributed by atoms with van der Waals surface area (Å²) in [5.74, 6) is 0.659. The van der Waals surface area contributed by atoms with Crippen molar-refractivity contribution in [1.82, 2.24) is 9.78 Å². The molecule has 1 aromatic heterocycles. The maximum Gasteiger partial charge on any atom is 0.258 e. The number of hydrogen-bond acceptors (Lipinski definition) is 3. The van der Waals surface area contributed by atoms with Gasteiger partial charge in [-0.15, -0.1) is 0 Å². The first-order valence-corrected chi connectivity index (χ1v) is 7.75. The fraction of sp³-hybridized carbons (Fsp3) is 0.333. The summed E-state index contributed by atoms with van der Waals surface area (Å²) in [6.45, 7) is 0.779. The average Bonchev–Trinajstić information content (AvgIpc) is 3.17. The van der Waals surface area contributed by atoms with Crippen molar-refractivity contribution in [1.29, 1.82) is 0 Å². The van der Waals surface area contributed by atoms with Gasteiger partial charge in [0.2, 0.25) is 0 Å². The molecule has 3 rings (SSSR count). The highest BCUT2D eigenvalue weighted by atomic mass is 35.5. The number of halogens is 2. The molecule has 1 fully saturated rings. The number of carbonyl (C=O) groups is 1. The monoisotopic (exact) mass is 339 g/mol. The van der Waals surface area contributed by atoms with Crippen LogP contribution in [0.4, 0.5) is 5.82 Å². The van der Waals surface area contributed by atoms with Crippen molar-refractivity contribution in [3.63, 3.8) is 0 Å². The lowest BCUT2D eigenvalue weighted by atomic mass is 10.1. The second-order valence-corrected chi connectivity index (χ2v) is 6.31. The zero-order valence-corrected chi connectivity index (χ0v) is 13.2. The highest BCUT2D eigenvalue weighted by Gasteiger charge is 2.24. The van der Waals surface area contributed by atoms with Crippen LogP contribution < -0.4 is 5.32 Å². The summed E-state index contributed by atoms with van der Waals surface area (Å²) in [6, 6.07) is 6.28. The quantitative estimate of drug-likeness (QED) is 0.878. The number of aliphatic hydroxyl groups excluding tert-OH is 1. The first kappa shape index (κ1) is 15.3. The third-order valence-corrected chi connectivity index (χ3v) is 3.98. The minimum atomic E-state index is -1.35. The number of hydrogen-bond donors (Lipinski definition) is 2. The van der Waals surface area contributed by atoms with Gasteiger partial charge in [0.25, 0.3) is 5.91 Å². The Morgan fingerprint density at radius 2 is 2.05 bits per heavy atom. The van der Waals surface area contributed by atoms with Gasteiger partial charge in [-0.05, 0) is 42.5 Å². The number of rotatable bonds is 5. The van der Waals surface area contributed by atoms with Crippen molar-refractivity contribution in [3.05, 3.63) is 46.1 Å². The number of nitrogens with one attached hydrogen (secondary N) is 1. The molecule has 2 aromatic rings. The van der Waals surface area contributed by atoms with E-state index in [1.807, 2.05) is 0 Å². The van der Waals surface area contributed by atoms with Gasteiger partial charge < -0.3 is 10.4 Å². The van der Waals surface area contributed by atoms with Crippen LogP contribution >= 0.6 is 23.2 Å². The van der Waals surface area contributed by atoms with E-state index >= 15 is 0 Å². The van der Waals surface area contributed by atoms with Crippen molar-refractivity contribution in [2.24, 2.45) is 5.92 Å². The van der Waals surface area contributed by atoms with Crippen LogP contribution in [0.5, 0.6) is 0 Å². The molecule has 1 unspecified atom stereocenters. The smallest absolute Gasteiger partial charge is 0.258 e. The van der Waals surface area contributed by atoms with Crippen molar-refractivity contribution >= 4 is 34.9 Å². The van der Waals surface area contributed by atoms with Gasteiger partial charge in [0.05, 0.1) is 6.20 Å². The third kappa shape index (κ3) is 3.61. The van der Waals surface area contributed by atoms with Gasteiger partial charge in [0.1, 0.15) is 5.82 Å². The zero-order valence-electron chi connectivity index (χ0n) is 11.7. The van der Waals surface area contributed by atoms with Gasteiger partial charge in [0, 0.05) is 22.7 Å². The summed E-state index contributed by atoms with van der Waals surface area (Å²) in [7, 11) is 0. The van der Waals surface area contributed by atoms with Gasteiger partial charge in [-0.2, -0.15) is 5.10 Å². The number of carbonyl (C=O) groups excluding carboxylic acids is 1. The molecule has 0 spiro atoms. The molecule has 1 saturated carbocycles. The zero-order chi connectivity index (χ0) is 15.7. The van der Waals surface area contributed by atoms with Crippen LogP contribution in [0, 0.1) is 5.92 Å². The molecule has 116 valence electrons. The SMILES string of the molecule is O=C(Nc1ccnn1CC1CC1)C(O)c1cc(Cl)cc(Cl)c1. The number of amides is 1. The third-order valence-electron chi connectivity index (χ3n) is 3.54. The summed E-state index contributed by atoms with van der Waals surface area (Å²) < 4.78 is 1.74. The first-order valence-electron chi connectivity index (χ1n) is 6.99. The van der Waals surface area contributed by atoms with Crippen LogP contribution in [0.25, 0.3) is 0 Å². The number of aliphatic hydroxyl groups is 1. The molecule has 2 N–H and O–H groups in total. The molecule has 7 heteroatoms. The second-order valence-electron chi connectivity index (χ2n) is 5.44. The minimum Gasteiger partial charge on any atom is -0.378 e. The normalized spacial score (nSPS) is 15.6. The Hall–Kier alpha value is -1.56. The molecule has 0 saturated heterocycles. The second kappa shape index (κ2) is 6.28. The molecule has 22 heavy (non-hydrogen) atoms. The molecule has 1 aromatic carbocycles. The molecule has 0 bridgehead atoms. The lowest BCUT2D eigenvalue weighted by Gasteiger charge is -2.13. The van der Waals surface area contributed by atoms with Crippen molar-refractivity contribution < 1.29 is 9.90 Å². The van der Waals surface area contributed by atoms with E-state index in [1.165, 1.54) is 25.0 Å². The number of anilines is 1. The van der Waals surface area contributed by atoms with E-state index in [2.05, 4.69) is 10.4 Å². The van der Waals surface area contributed by atoms with Crippen molar-refractivity contribution in [3.8, 4) is 0 Å². The summed E-state index contributed by atoms with van der Waals surface area (Å²) in [4.78, 5) is 12.2. The van der Waals surface area contributed by atoms with E-state index in [4.69, 9.17) is 23.2 Å². The van der Waals surface area contributed by atoms with Crippen molar-refractivity contribution in [2.75, 3.05) is 5.32 Å². The Balaban J connectivity index is 1.72. The summed E-state index contributed by atoms with van der Waals surface area (Å²) in [5.41, 5.74) is 0.350. The molecule has 0 aliphatic heterocycles. The molecular weight excluding hydrogens is 325 g/mol. The highest BCUT2D eigenvalue weighted by molar-refractivity contribution is 6.34. The lowest BCUT2D eigenvalue weighted by molar-refractivity contribution is -0.124. The van der Waals surface area contributed by atoms with E-state index in [0.717, 1.165) is 6.54 Å². The number of nitrogens with zero attached hydrogens (tertiary/aromatic N) is 2. The van der Waals surface area contributed by atoms with Gasteiger partial charge in [-0.1, -0.05) is 23.2 Å². The van der Waals surface area contributed by atoms with Gasteiger partial charge in [-0.25, -0.2) is 4.68 Å². The number of benzene rings is 1. The van der Waals surface area contributed by atoms with E-state index in [1.54, 1.807) is 23.0 Å². The van der Waals surface area contributed by atoms with Gasteiger partial charge in [0.15, 0.2) is 6.10 Å². The Morgan fingerprint density at radius 3 is 2.68 bits per heavy atom. The topological polar surface area (TPSA) is 67.2 Å². The highest BCUT2D eigenvalue weighted by Crippen LogP contribution is 2.31. The maximum atomic E-state index is 12.2. The fourth-order valence-electron chi connectivity index (χ4n) is 2.21. The van der Waals surface area contributed by atoms with Crippen LogP contribution in [-0.2, 0) is 11.3 Å². The molecule has 1 aliphatic carbocycles. The standard InChI is InChI=1S/C15H15Cl2N3O2/c16-11-5-10(6-12(17)7-11)14(21)15(22)19-13-3-4-18-20(13)8-9-1-2-9/h3-7,9,14,21H,1-2,8H2,(H,19,22). The Labute approximate surface area is 137 Å².